The van der Waals surface area contributed by atoms with Gasteiger partial charge in [0.1, 0.15) is 0 Å². The summed E-state index contributed by atoms with van der Waals surface area (Å²) >= 11 is 0. The predicted molar refractivity (Wildman–Crippen MR) is 58.3 cm³/mol. The van der Waals surface area contributed by atoms with Gasteiger partial charge in [0, 0.05) is 12.6 Å². The Labute approximate surface area is 92.8 Å². The molecule has 0 bridgehead atoms. The minimum atomic E-state index is -0.569. The zero-order valence-electron chi connectivity index (χ0n) is 9.19. The van der Waals surface area contributed by atoms with Crippen molar-refractivity contribution in [2.75, 3.05) is 6.54 Å². The third-order valence-corrected chi connectivity index (χ3v) is 2.13. The molecular weight excluding hydrogens is 210 g/mol. The molecule has 0 radical (unpaired) electrons. The molecule has 0 unspecified atom stereocenters. The third kappa shape index (κ3) is 2.53. The van der Waals surface area contributed by atoms with Crippen LogP contribution in [0.3, 0.4) is 0 Å². The number of amides is 1. The lowest BCUT2D eigenvalue weighted by Gasteiger charge is -2.05. The summed E-state index contributed by atoms with van der Waals surface area (Å²) in [7, 11) is 0. The van der Waals surface area contributed by atoms with Gasteiger partial charge >= 0.3 is 5.82 Å². The summed E-state index contributed by atoms with van der Waals surface area (Å²) in [6.45, 7) is 4.16. The number of nitrogens with one attached hydrogen (secondary N) is 1. The molecule has 0 aromatic carbocycles. The Kier molecular flexibility index (Phi) is 3.93. The zero-order chi connectivity index (χ0) is 12.1. The van der Waals surface area contributed by atoms with Gasteiger partial charge in [0.05, 0.1) is 5.56 Å². The highest BCUT2D eigenvalue weighted by Crippen LogP contribution is 2.15. The van der Waals surface area contributed by atoms with Gasteiger partial charge in [-0.15, -0.1) is 0 Å². The summed E-state index contributed by atoms with van der Waals surface area (Å²) in [4.78, 5) is 25.2. The summed E-state index contributed by atoms with van der Waals surface area (Å²) in [6, 6.07) is 1.34. The van der Waals surface area contributed by atoms with Crippen molar-refractivity contribution in [2.45, 2.75) is 20.3 Å². The lowest BCUT2D eigenvalue weighted by molar-refractivity contribution is -0.389. The van der Waals surface area contributed by atoms with Crippen LogP contribution in [-0.4, -0.2) is 22.4 Å². The van der Waals surface area contributed by atoms with Gasteiger partial charge in [0.2, 0.25) is 0 Å². The quantitative estimate of drug-likeness (QED) is 0.615. The van der Waals surface area contributed by atoms with E-state index in [9.17, 15) is 14.9 Å². The van der Waals surface area contributed by atoms with E-state index in [0.717, 1.165) is 0 Å². The first kappa shape index (κ1) is 12.1. The number of carbonyl (C=O) groups excluding carboxylic acids is 1. The van der Waals surface area contributed by atoms with Crippen molar-refractivity contribution in [3.8, 4) is 0 Å². The van der Waals surface area contributed by atoms with Gasteiger partial charge in [-0.05, 0) is 28.8 Å². The largest absolute Gasteiger partial charge is 0.363 e. The van der Waals surface area contributed by atoms with Crippen molar-refractivity contribution in [3.63, 3.8) is 0 Å². The molecule has 1 aromatic rings. The maximum absolute atomic E-state index is 11.6. The lowest BCUT2D eigenvalue weighted by atomic mass is 10.1. The van der Waals surface area contributed by atoms with Crippen LogP contribution in [0.1, 0.15) is 29.8 Å². The highest BCUT2D eigenvalue weighted by Gasteiger charge is 2.16. The maximum Gasteiger partial charge on any atom is 0.363 e. The molecule has 0 aliphatic heterocycles. The van der Waals surface area contributed by atoms with Crippen LogP contribution < -0.4 is 5.32 Å². The van der Waals surface area contributed by atoms with E-state index in [1.165, 1.54) is 12.3 Å². The molecule has 6 heteroatoms. The Balaban J connectivity index is 3.11. The SMILES string of the molecule is CCNC(=O)c1cnc([N+](=O)[O-])cc1CC. The molecule has 1 rings (SSSR count). The van der Waals surface area contributed by atoms with Gasteiger partial charge in [0.25, 0.3) is 5.91 Å². The second-order valence-electron chi connectivity index (χ2n) is 3.17. The van der Waals surface area contributed by atoms with Crippen molar-refractivity contribution in [1.82, 2.24) is 10.3 Å². The number of pyridine rings is 1. The molecule has 1 aromatic heterocycles. The average molecular weight is 223 g/mol. The average Bonchev–Trinajstić information content (AvgIpc) is 2.28. The van der Waals surface area contributed by atoms with E-state index >= 15 is 0 Å². The van der Waals surface area contributed by atoms with E-state index in [1.807, 2.05) is 13.8 Å². The molecule has 0 aliphatic carbocycles. The fourth-order valence-electron chi connectivity index (χ4n) is 1.34. The number of carbonyl (C=O) groups is 1. The van der Waals surface area contributed by atoms with Crippen molar-refractivity contribution in [2.24, 2.45) is 0 Å². The fraction of sp³-hybridized carbons (Fsp3) is 0.400. The fourth-order valence-corrected chi connectivity index (χ4v) is 1.34. The molecule has 1 heterocycles. The summed E-state index contributed by atoms with van der Waals surface area (Å²) in [5.41, 5.74) is 1.03. The number of nitrogens with zero attached hydrogens (tertiary/aromatic N) is 2. The van der Waals surface area contributed by atoms with Crippen LogP contribution in [0, 0.1) is 10.1 Å². The van der Waals surface area contributed by atoms with Gasteiger partial charge in [0.15, 0.2) is 6.20 Å². The smallest absolute Gasteiger partial charge is 0.358 e. The third-order valence-electron chi connectivity index (χ3n) is 2.13. The summed E-state index contributed by atoms with van der Waals surface area (Å²) < 4.78 is 0. The number of hydrogen-bond donors (Lipinski definition) is 1. The van der Waals surface area contributed by atoms with Crippen LogP contribution in [0.5, 0.6) is 0 Å². The molecule has 0 atom stereocenters. The van der Waals surface area contributed by atoms with Crippen molar-refractivity contribution in [3.05, 3.63) is 33.5 Å². The van der Waals surface area contributed by atoms with Crippen LogP contribution in [0.15, 0.2) is 12.3 Å². The molecule has 0 fully saturated rings. The van der Waals surface area contributed by atoms with Crippen LogP contribution in [0.2, 0.25) is 0 Å². The Morgan fingerprint density at radius 2 is 2.25 bits per heavy atom. The van der Waals surface area contributed by atoms with E-state index in [-0.39, 0.29) is 11.7 Å². The summed E-state index contributed by atoms with van der Waals surface area (Å²) in [5, 5.41) is 13.2. The van der Waals surface area contributed by atoms with Crippen LogP contribution >= 0.6 is 0 Å². The first-order chi connectivity index (χ1) is 7.60. The summed E-state index contributed by atoms with van der Waals surface area (Å²) in [6.07, 6.45) is 1.80. The van der Waals surface area contributed by atoms with Gasteiger partial charge in [-0.3, -0.25) is 4.79 Å². The molecule has 0 saturated carbocycles. The zero-order valence-corrected chi connectivity index (χ0v) is 9.19. The van der Waals surface area contributed by atoms with Gasteiger partial charge < -0.3 is 15.4 Å². The van der Waals surface area contributed by atoms with E-state index in [0.29, 0.717) is 24.1 Å². The number of aryl methyl sites for hydroxylation is 1. The van der Waals surface area contributed by atoms with Crippen molar-refractivity contribution < 1.29 is 9.72 Å². The van der Waals surface area contributed by atoms with Gasteiger partial charge in [-0.2, -0.15) is 0 Å². The number of nitro groups is 1. The Morgan fingerprint density at radius 1 is 1.56 bits per heavy atom. The van der Waals surface area contributed by atoms with Crippen molar-refractivity contribution >= 4 is 11.7 Å². The summed E-state index contributed by atoms with van der Waals surface area (Å²) in [5.74, 6) is -0.480. The second-order valence-corrected chi connectivity index (χ2v) is 3.17. The molecule has 16 heavy (non-hydrogen) atoms. The topological polar surface area (TPSA) is 85.1 Å². The Bertz CT molecular complexity index is 418. The lowest BCUT2D eigenvalue weighted by Crippen LogP contribution is -2.24. The normalized spacial score (nSPS) is 9.88. The molecule has 0 aliphatic rings. The molecule has 1 amide bonds. The number of hydrogen-bond acceptors (Lipinski definition) is 4. The molecule has 0 saturated heterocycles. The minimum absolute atomic E-state index is 0.232. The number of rotatable bonds is 4. The highest BCUT2D eigenvalue weighted by atomic mass is 16.6. The van der Waals surface area contributed by atoms with E-state index in [4.69, 9.17) is 0 Å². The molecule has 1 N–H and O–H groups in total. The number of aromatic nitrogens is 1. The Morgan fingerprint density at radius 3 is 2.75 bits per heavy atom. The second kappa shape index (κ2) is 5.20. The minimum Gasteiger partial charge on any atom is -0.358 e. The van der Waals surface area contributed by atoms with Crippen LogP contribution in [0.25, 0.3) is 0 Å². The van der Waals surface area contributed by atoms with Gasteiger partial charge in [-0.25, -0.2) is 0 Å². The first-order valence-corrected chi connectivity index (χ1v) is 5.01. The molecular formula is C10H13N3O3. The van der Waals surface area contributed by atoms with Crippen molar-refractivity contribution in [1.29, 1.82) is 0 Å². The van der Waals surface area contributed by atoms with E-state index < -0.39 is 4.92 Å². The monoisotopic (exact) mass is 223 g/mol. The molecule has 0 spiro atoms. The first-order valence-electron chi connectivity index (χ1n) is 5.01. The van der Waals surface area contributed by atoms with E-state index in [1.54, 1.807) is 0 Å². The highest BCUT2D eigenvalue weighted by molar-refractivity contribution is 5.95. The van der Waals surface area contributed by atoms with Crippen LogP contribution in [-0.2, 0) is 6.42 Å². The maximum atomic E-state index is 11.6. The van der Waals surface area contributed by atoms with E-state index in [2.05, 4.69) is 10.3 Å². The predicted octanol–water partition coefficient (Wildman–Crippen LogP) is 1.30. The van der Waals surface area contributed by atoms with Crippen LogP contribution in [0.4, 0.5) is 5.82 Å². The molecule has 86 valence electrons. The Hall–Kier alpha value is -1.98. The van der Waals surface area contributed by atoms with Gasteiger partial charge in [-0.1, -0.05) is 6.92 Å². The standard InChI is InChI=1S/C10H13N3O3/c1-3-7-5-9(13(15)16)12-6-8(7)10(14)11-4-2/h5-6H,3-4H2,1-2H3,(H,11,14). The molecule has 6 nitrogen and oxygen atoms in total.